The third kappa shape index (κ3) is 3.86. The zero-order valence-electron chi connectivity index (χ0n) is 7.04. The molecule has 1 fully saturated rings. The van der Waals surface area contributed by atoms with E-state index in [0.717, 1.165) is 19.3 Å². The van der Waals surface area contributed by atoms with E-state index in [4.69, 9.17) is 13.6 Å². The minimum atomic E-state index is -1.28. The Morgan fingerprint density at radius 1 is 1.45 bits per heavy atom. The molecule has 0 amide bonds. The van der Waals surface area contributed by atoms with Crippen LogP contribution in [0.4, 0.5) is 0 Å². The smallest absolute Gasteiger partial charge is 0.323 e. The molecule has 1 aliphatic rings. The van der Waals surface area contributed by atoms with Crippen molar-refractivity contribution in [1.29, 1.82) is 0 Å². The molecule has 0 radical (unpaired) electrons. The number of ether oxygens (including phenoxy) is 1. The molecule has 0 N–H and O–H groups in total. The van der Waals surface area contributed by atoms with Gasteiger partial charge in [0, 0.05) is 13.2 Å². The number of rotatable bonds is 4. The summed E-state index contributed by atoms with van der Waals surface area (Å²) < 4.78 is 15.9. The van der Waals surface area contributed by atoms with Gasteiger partial charge in [-0.3, -0.25) is 0 Å². The summed E-state index contributed by atoms with van der Waals surface area (Å²) in [5.41, 5.74) is 0. The van der Waals surface area contributed by atoms with Crippen molar-refractivity contribution in [3.63, 3.8) is 0 Å². The maximum Gasteiger partial charge on any atom is 0.323 e. The summed E-state index contributed by atoms with van der Waals surface area (Å²) in [6, 6.07) is 1.15. The first-order chi connectivity index (χ1) is 5.43. The van der Waals surface area contributed by atoms with Gasteiger partial charge in [0.2, 0.25) is 0 Å². The molecule has 4 heteroatoms. The van der Waals surface area contributed by atoms with E-state index in [0.29, 0.717) is 6.79 Å². The normalized spacial score (nSPS) is 25.4. The molecule has 1 atom stereocenters. The van der Waals surface area contributed by atoms with E-state index >= 15 is 0 Å². The quantitative estimate of drug-likeness (QED) is 0.364. The fourth-order valence-corrected chi connectivity index (χ4v) is 2.78. The molecule has 0 aromatic carbocycles. The van der Waals surface area contributed by atoms with Crippen LogP contribution in [0.5, 0.6) is 0 Å². The summed E-state index contributed by atoms with van der Waals surface area (Å²) in [7, 11) is -1.28. The van der Waals surface area contributed by atoms with Crippen LogP contribution in [-0.4, -0.2) is 29.3 Å². The second kappa shape index (κ2) is 5.71. The SMILES string of the molecule is CCOCO[SiH]1CCCCO1. The second-order valence-electron chi connectivity index (χ2n) is 2.57. The van der Waals surface area contributed by atoms with Gasteiger partial charge in [0.25, 0.3) is 0 Å². The number of hydrogen-bond donors (Lipinski definition) is 0. The highest BCUT2D eigenvalue weighted by atomic mass is 28.3. The van der Waals surface area contributed by atoms with Crippen LogP contribution >= 0.6 is 0 Å². The minimum Gasteiger partial charge on any atom is -0.396 e. The van der Waals surface area contributed by atoms with Crippen molar-refractivity contribution >= 4 is 9.28 Å². The minimum absolute atomic E-state index is 0.424. The summed E-state index contributed by atoms with van der Waals surface area (Å²) in [5.74, 6) is 0. The van der Waals surface area contributed by atoms with E-state index in [-0.39, 0.29) is 0 Å². The first-order valence-corrected chi connectivity index (χ1v) is 6.00. The lowest BCUT2D eigenvalue weighted by molar-refractivity contribution is 0.00138. The van der Waals surface area contributed by atoms with E-state index < -0.39 is 9.28 Å². The Hall–Kier alpha value is 0.0969. The van der Waals surface area contributed by atoms with Gasteiger partial charge in [-0.2, -0.15) is 0 Å². The predicted molar refractivity (Wildman–Crippen MR) is 44.7 cm³/mol. The van der Waals surface area contributed by atoms with Crippen molar-refractivity contribution in [3.05, 3.63) is 0 Å². The lowest BCUT2D eigenvalue weighted by Crippen LogP contribution is -2.27. The molecule has 1 aliphatic heterocycles. The summed E-state index contributed by atoms with van der Waals surface area (Å²) in [6.45, 7) is 4.00. The van der Waals surface area contributed by atoms with Gasteiger partial charge in [-0.1, -0.05) is 0 Å². The van der Waals surface area contributed by atoms with Gasteiger partial charge in [-0.15, -0.1) is 0 Å². The average Bonchev–Trinajstić information content (AvgIpc) is 2.07. The third-order valence-corrected chi connectivity index (χ3v) is 3.67. The van der Waals surface area contributed by atoms with Crippen LogP contribution in [0.2, 0.25) is 6.04 Å². The van der Waals surface area contributed by atoms with Crippen molar-refractivity contribution in [1.82, 2.24) is 0 Å². The van der Waals surface area contributed by atoms with Crippen LogP contribution in [0.3, 0.4) is 0 Å². The molecular weight excluding hydrogens is 160 g/mol. The highest BCUT2D eigenvalue weighted by Crippen LogP contribution is 2.11. The summed E-state index contributed by atoms with van der Waals surface area (Å²) in [5, 5.41) is 0. The maximum atomic E-state index is 5.46. The molecule has 0 saturated carbocycles. The van der Waals surface area contributed by atoms with Gasteiger partial charge >= 0.3 is 9.28 Å². The maximum absolute atomic E-state index is 5.46. The lowest BCUT2D eigenvalue weighted by atomic mass is 10.4. The van der Waals surface area contributed by atoms with Gasteiger partial charge in [-0.05, 0) is 25.8 Å². The summed E-state index contributed by atoms with van der Waals surface area (Å²) in [4.78, 5) is 0. The highest BCUT2D eigenvalue weighted by Gasteiger charge is 2.16. The van der Waals surface area contributed by atoms with Crippen molar-refractivity contribution in [2.75, 3.05) is 20.0 Å². The fourth-order valence-electron chi connectivity index (χ4n) is 1.05. The Kier molecular flexibility index (Phi) is 4.77. The molecule has 66 valence electrons. The van der Waals surface area contributed by atoms with E-state index in [1.165, 1.54) is 12.8 Å². The van der Waals surface area contributed by atoms with Crippen LogP contribution in [0.15, 0.2) is 0 Å². The topological polar surface area (TPSA) is 27.7 Å². The highest BCUT2D eigenvalue weighted by molar-refractivity contribution is 6.44. The Bertz CT molecular complexity index is 93.7. The van der Waals surface area contributed by atoms with E-state index in [1.54, 1.807) is 0 Å². The van der Waals surface area contributed by atoms with Gasteiger partial charge < -0.3 is 13.6 Å². The Labute approximate surface area is 69.5 Å². The third-order valence-electron chi connectivity index (χ3n) is 1.68. The van der Waals surface area contributed by atoms with Crippen molar-refractivity contribution in [2.24, 2.45) is 0 Å². The van der Waals surface area contributed by atoms with Crippen LogP contribution in [0.25, 0.3) is 0 Å². The van der Waals surface area contributed by atoms with Crippen LogP contribution in [0, 0.1) is 0 Å². The lowest BCUT2D eigenvalue weighted by Gasteiger charge is -2.20. The molecule has 0 aliphatic carbocycles. The van der Waals surface area contributed by atoms with Crippen LogP contribution in [0.1, 0.15) is 19.8 Å². The Balaban J connectivity index is 1.96. The summed E-state index contributed by atoms with van der Waals surface area (Å²) in [6.07, 6.45) is 2.46. The molecule has 3 nitrogen and oxygen atoms in total. The number of hydrogen-bond acceptors (Lipinski definition) is 3. The second-order valence-corrected chi connectivity index (χ2v) is 4.68. The van der Waals surface area contributed by atoms with Gasteiger partial charge in [0.05, 0.1) is 0 Å². The Morgan fingerprint density at radius 3 is 3.00 bits per heavy atom. The Morgan fingerprint density at radius 2 is 2.36 bits per heavy atom. The van der Waals surface area contributed by atoms with Gasteiger partial charge in [-0.25, -0.2) is 0 Å². The van der Waals surface area contributed by atoms with E-state index in [9.17, 15) is 0 Å². The predicted octanol–water partition coefficient (Wildman–Crippen LogP) is 1.03. The molecule has 1 rings (SSSR count). The van der Waals surface area contributed by atoms with Crippen molar-refractivity contribution < 1.29 is 13.6 Å². The van der Waals surface area contributed by atoms with Crippen LogP contribution in [-0.2, 0) is 13.6 Å². The zero-order chi connectivity index (χ0) is 7.94. The first-order valence-electron chi connectivity index (χ1n) is 4.24. The first kappa shape index (κ1) is 9.19. The van der Waals surface area contributed by atoms with Gasteiger partial charge in [0.1, 0.15) is 6.79 Å². The van der Waals surface area contributed by atoms with Gasteiger partial charge in [0.15, 0.2) is 0 Å². The molecule has 1 saturated heterocycles. The van der Waals surface area contributed by atoms with E-state index in [1.807, 2.05) is 6.92 Å². The molecule has 1 heterocycles. The molecule has 11 heavy (non-hydrogen) atoms. The summed E-state index contributed by atoms with van der Waals surface area (Å²) >= 11 is 0. The molecule has 0 bridgehead atoms. The molecule has 1 unspecified atom stereocenters. The average molecular weight is 176 g/mol. The fraction of sp³-hybridized carbons (Fsp3) is 1.00. The molecular formula is C7H16O3Si. The van der Waals surface area contributed by atoms with Crippen molar-refractivity contribution in [2.45, 2.75) is 25.8 Å². The molecule has 0 aromatic heterocycles. The van der Waals surface area contributed by atoms with Crippen molar-refractivity contribution in [3.8, 4) is 0 Å². The standard InChI is InChI=1S/C7H16O3Si/c1-2-8-7-10-11-6-4-3-5-9-11/h11H,2-7H2,1H3. The van der Waals surface area contributed by atoms with E-state index in [2.05, 4.69) is 0 Å². The van der Waals surface area contributed by atoms with Crippen LogP contribution < -0.4 is 0 Å². The largest absolute Gasteiger partial charge is 0.396 e. The monoisotopic (exact) mass is 176 g/mol. The molecule has 0 aromatic rings. The molecule has 0 spiro atoms. The zero-order valence-corrected chi connectivity index (χ0v) is 8.20.